The summed E-state index contributed by atoms with van der Waals surface area (Å²) in [7, 11) is 2.03. The van der Waals surface area contributed by atoms with Gasteiger partial charge in [0.25, 0.3) is 0 Å². The van der Waals surface area contributed by atoms with Gasteiger partial charge in [0.2, 0.25) is 0 Å². The molecule has 1 fully saturated rings. The Bertz CT molecular complexity index is 403. The highest BCUT2D eigenvalue weighted by atomic mass is 15.3. The Morgan fingerprint density at radius 2 is 2.14 bits per heavy atom. The smallest absolute Gasteiger partial charge is 0.0492 e. The van der Waals surface area contributed by atoms with Crippen molar-refractivity contribution in [2.45, 2.75) is 38.6 Å². The SMILES string of the molecule is CCC(CCN)N1CCCN(CCc2ccnn2C)CC1. The van der Waals surface area contributed by atoms with Crippen molar-refractivity contribution < 1.29 is 0 Å². The van der Waals surface area contributed by atoms with E-state index in [0.717, 1.165) is 25.9 Å². The zero-order valence-electron chi connectivity index (χ0n) is 13.7. The van der Waals surface area contributed by atoms with Crippen molar-refractivity contribution in [3.8, 4) is 0 Å². The van der Waals surface area contributed by atoms with Crippen molar-refractivity contribution >= 4 is 0 Å². The van der Waals surface area contributed by atoms with Crippen molar-refractivity contribution in [3.05, 3.63) is 18.0 Å². The maximum absolute atomic E-state index is 5.75. The van der Waals surface area contributed by atoms with Gasteiger partial charge in [-0.05, 0) is 45.0 Å². The molecule has 1 aromatic heterocycles. The van der Waals surface area contributed by atoms with Crippen molar-refractivity contribution in [1.82, 2.24) is 19.6 Å². The van der Waals surface area contributed by atoms with Crippen LogP contribution in [0.2, 0.25) is 0 Å². The lowest BCUT2D eigenvalue weighted by molar-refractivity contribution is 0.185. The molecule has 5 nitrogen and oxygen atoms in total. The topological polar surface area (TPSA) is 50.3 Å². The molecule has 0 aromatic carbocycles. The summed E-state index contributed by atoms with van der Waals surface area (Å²) >= 11 is 0. The van der Waals surface area contributed by atoms with Crippen LogP contribution >= 0.6 is 0 Å². The van der Waals surface area contributed by atoms with Gasteiger partial charge in [0.05, 0.1) is 0 Å². The monoisotopic (exact) mass is 293 g/mol. The fraction of sp³-hybridized carbons (Fsp3) is 0.812. The van der Waals surface area contributed by atoms with E-state index >= 15 is 0 Å². The maximum Gasteiger partial charge on any atom is 0.0492 e. The lowest BCUT2D eigenvalue weighted by atomic mass is 10.1. The molecule has 21 heavy (non-hydrogen) atoms. The van der Waals surface area contributed by atoms with E-state index in [1.165, 1.54) is 44.7 Å². The summed E-state index contributed by atoms with van der Waals surface area (Å²) in [6.07, 6.45) is 6.60. The minimum absolute atomic E-state index is 0.673. The van der Waals surface area contributed by atoms with E-state index in [9.17, 15) is 0 Å². The van der Waals surface area contributed by atoms with Crippen LogP contribution < -0.4 is 5.73 Å². The minimum atomic E-state index is 0.673. The van der Waals surface area contributed by atoms with Crippen LogP contribution in [0.15, 0.2) is 12.3 Å². The van der Waals surface area contributed by atoms with Gasteiger partial charge in [-0.3, -0.25) is 9.58 Å². The lowest BCUT2D eigenvalue weighted by Gasteiger charge is -2.29. The quantitative estimate of drug-likeness (QED) is 0.818. The van der Waals surface area contributed by atoms with Crippen molar-refractivity contribution in [1.29, 1.82) is 0 Å². The average molecular weight is 293 g/mol. The number of hydrogen-bond acceptors (Lipinski definition) is 4. The molecule has 0 saturated carbocycles. The highest BCUT2D eigenvalue weighted by Gasteiger charge is 2.20. The summed E-state index contributed by atoms with van der Waals surface area (Å²) in [5.41, 5.74) is 7.07. The van der Waals surface area contributed by atoms with E-state index in [4.69, 9.17) is 5.73 Å². The Hall–Kier alpha value is -0.910. The van der Waals surface area contributed by atoms with Crippen LogP contribution in [0, 0.1) is 0 Å². The van der Waals surface area contributed by atoms with Crippen LogP contribution in [-0.4, -0.2) is 64.9 Å². The lowest BCUT2D eigenvalue weighted by Crippen LogP contribution is -2.39. The second kappa shape index (κ2) is 8.51. The molecule has 1 atom stereocenters. The van der Waals surface area contributed by atoms with Crippen LogP contribution in [-0.2, 0) is 13.5 Å². The summed E-state index contributed by atoms with van der Waals surface area (Å²) in [6.45, 7) is 9.03. The van der Waals surface area contributed by atoms with Gasteiger partial charge in [-0.25, -0.2) is 0 Å². The largest absolute Gasteiger partial charge is 0.330 e. The molecule has 1 unspecified atom stereocenters. The summed E-state index contributed by atoms with van der Waals surface area (Å²) in [5.74, 6) is 0. The van der Waals surface area contributed by atoms with Gasteiger partial charge in [0.1, 0.15) is 0 Å². The second-order valence-corrected chi connectivity index (χ2v) is 6.07. The number of hydrogen-bond donors (Lipinski definition) is 1. The molecular weight excluding hydrogens is 262 g/mol. The zero-order valence-corrected chi connectivity index (χ0v) is 13.7. The third-order valence-electron chi connectivity index (χ3n) is 4.72. The number of nitrogens with zero attached hydrogens (tertiary/aromatic N) is 4. The van der Waals surface area contributed by atoms with E-state index < -0.39 is 0 Å². The van der Waals surface area contributed by atoms with Gasteiger partial charge in [-0.1, -0.05) is 6.92 Å². The first kappa shape index (κ1) is 16.5. The number of aromatic nitrogens is 2. The van der Waals surface area contributed by atoms with Crippen LogP contribution in [0.5, 0.6) is 0 Å². The first-order chi connectivity index (χ1) is 10.2. The molecule has 0 bridgehead atoms. The van der Waals surface area contributed by atoms with E-state index in [1.54, 1.807) is 0 Å². The fourth-order valence-electron chi connectivity index (χ4n) is 3.34. The molecule has 1 aromatic rings. The molecule has 1 aliphatic heterocycles. The van der Waals surface area contributed by atoms with Crippen LogP contribution in [0.1, 0.15) is 31.9 Å². The highest BCUT2D eigenvalue weighted by Crippen LogP contribution is 2.12. The third kappa shape index (κ3) is 4.80. The van der Waals surface area contributed by atoms with Crippen LogP contribution in [0.25, 0.3) is 0 Å². The highest BCUT2D eigenvalue weighted by molar-refractivity contribution is 5.00. The van der Waals surface area contributed by atoms with Gasteiger partial charge in [-0.2, -0.15) is 5.10 Å². The maximum atomic E-state index is 5.75. The minimum Gasteiger partial charge on any atom is -0.330 e. The molecule has 0 spiro atoms. The molecule has 1 saturated heterocycles. The van der Waals surface area contributed by atoms with E-state index in [1.807, 2.05) is 17.9 Å². The summed E-state index contributed by atoms with van der Waals surface area (Å²) in [4.78, 5) is 5.25. The molecule has 2 N–H and O–H groups in total. The number of nitrogens with two attached hydrogens (primary N) is 1. The van der Waals surface area contributed by atoms with E-state index in [-0.39, 0.29) is 0 Å². The van der Waals surface area contributed by atoms with Crippen molar-refractivity contribution in [2.75, 3.05) is 39.3 Å². The van der Waals surface area contributed by atoms with Crippen molar-refractivity contribution in [2.24, 2.45) is 12.8 Å². The first-order valence-electron chi connectivity index (χ1n) is 8.38. The van der Waals surface area contributed by atoms with Crippen molar-refractivity contribution in [3.63, 3.8) is 0 Å². The molecule has 2 heterocycles. The van der Waals surface area contributed by atoms with E-state index in [2.05, 4.69) is 27.9 Å². The summed E-state index contributed by atoms with van der Waals surface area (Å²) in [6, 6.07) is 2.80. The normalized spacial score (nSPS) is 19.6. The molecule has 1 aliphatic rings. The first-order valence-corrected chi connectivity index (χ1v) is 8.38. The summed E-state index contributed by atoms with van der Waals surface area (Å²) < 4.78 is 1.98. The predicted octanol–water partition coefficient (Wildman–Crippen LogP) is 1.10. The number of rotatable bonds is 7. The van der Waals surface area contributed by atoms with Gasteiger partial charge in [0, 0.05) is 51.0 Å². The van der Waals surface area contributed by atoms with Crippen LogP contribution in [0.4, 0.5) is 0 Å². The van der Waals surface area contributed by atoms with Gasteiger partial charge in [0.15, 0.2) is 0 Å². The molecule has 5 heteroatoms. The van der Waals surface area contributed by atoms with Gasteiger partial charge < -0.3 is 10.6 Å². The van der Waals surface area contributed by atoms with Crippen LogP contribution in [0.3, 0.4) is 0 Å². The molecule has 0 aliphatic carbocycles. The van der Waals surface area contributed by atoms with Gasteiger partial charge >= 0.3 is 0 Å². The second-order valence-electron chi connectivity index (χ2n) is 6.07. The Labute approximate surface area is 129 Å². The molecule has 2 rings (SSSR count). The van der Waals surface area contributed by atoms with E-state index in [0.29, 0.717) is 6.04 Å². The molecular formula is C16H31N5. The molecule has 0 radical (unpaired) electrons. The zero-order chi connectivity index (χ0) is 15.1. The summed E-state index contributed by atoms with van der Waals surface area (Å²) in [5, 5.41) is 4.24. The molecule has 0 amide bonds. The van der Waals surface area contributed by atoms with Gasteiger partial charge in [-0.15, -0.1) is 0 Å². The molecule has 120 valence electrons. The standard InChI is InChI=1S/C16H31N5/c1-3-15(5-8-17)21-11-4-10-20(13-14-21)12-7-16-6-9-18-19(16)2/h6,9,15H,3-5,7-8,10-14,17H2,1-2H3. The Kier molecular flexibility index (Phi) is 6.67. The Balaban J connectivity index is 1.79. The Morgan fingerprint density at radius 3 is 2.81 bits per heavy atom. The average Bonchev–Trinajstić information content (AvgIpc) is 2.75. The fourth-order valence-corrected chi connectivity index (χ4v) is 3.34. The Morgan fingerprint density at radius 1 is 1.29 bits per heavy atom. The number of aryl methyl sites for hydroxylation is 1. The third-order valence-corrected chi connectivity index (χ3v) is 4.72. The predicted molar refractivity (Wildman–Crippen MR) is 87.3 cm³/mol.